The molecule has 0 aromatic carbocycles. The first-order valence-corrected chi connectivity index (χ1v) is 4.72. The molecule has 0 saturated heterocycles. The minimum Gasteiger partial charge on any atom is -0.399 e. The Morgan fingerprint density at radius 1 is 1.00 bits per heavy atom. The van der Waals surface area contributed by atoms with Gasteiger partial charge in [-0.2, -0.15) is 0 Å². The summed E-state index contributed by atoms with van der Waals surface area (Å²) >= 11 is 0. The normalized spacial score (nSPS) is 10.2. The number of allylic oxidation sites excluding steroid dienone is 3. The van der Waals surface area contributed by atoms with Crippen LogP contribution in [0.3, 0.4) is 0 Å². The molecule has 0 rings (SSSR count). The van der Waals surface area contributed by atoms with Gasteiger partial charge in [-0.1, -0.05) is 40.3 Å². The van der Waals surface area contributed by atoms with Gasteiger partial charge in [-0.3, -0.25) is 0 Å². The van der Waals surface area contributed by atoms with Gasteiger partial charge in [-0.25, -0.2) is 0 Å². The summed E-state index contributed by atoms with van der Waals surface area (Å²) in [4.78, 5) is 0. The second-order valence-electron chi connectivity index (χ2n) is 1.64. The zero-order chi connectivity index (χ0) is 11.3. The molecular weight excluding hydrogens is 160 g/mol. The molecule has 0 aromatic heterocycles. The molecule has 0 amide bonds. The van der Waals surface area contributed by atoms with Crippen molar-refractivity contribution in [2.75, 3.05) is 0 Å². The predicted octanol–water partition coefficient (Wildman–Crippen LogP) is 2.93. The van der Waals surface area contributed by atoms with Crippen LogP contribution in [0.25, 0.3) is 0 Å². The van der Waals surface area contributed by atoms with Crippen LogP contribution in [0, 0.1) is 0 Å². The molecule has 0 unspecified atom stereocenters. The predicted molar refractivity (Wildman–Crippen MR) is 63.1 cm³/mol. The highest BCUT2D eigenvalue weighted by Crippen LogP contribution is 1.90. The van der Waals surface area contributed by atoms with Crippen molar-refractivity contribution in [3.63, 3.8) is 0 Å². The lowest BCUT2D eigenvalue weighted by atomic mass is 10.3. The summed E-state index contributed by atoms with van der Waals surface area (Å²) in [6.45, 7) is 13.3. The number of rotatable bonds is 2. The first-order valence-electron chi connectivity index (χ1n) is 4.72. The maximum atomic E-state index is 5.41. The Bertz CT molecular complexity index is 155. The van der Waals surface area contributed by atoms with E-state index in [2.05, 4.69) is 6.58 Å². The van der Waals surface area contributed by atoms with Gasteiger partial charge in [-0.05, 0) is 19.1 Å². The highest BCUT2D eigenvalue weighted by atomic mass is 14.6. The third-order valence-corrected chi connectivity index (χ3v) is 0.902. The van der Waals surface area contributed by atoms with E-state index in [0.717, 1.165) is 0 Å². The van der Waals surface area contributed by atoms with Crippen LogP contribution in [0.4, 0.5) is 0 Å². The summed E-state index contributed by atoms with van der Waals surface area (Å²) in [6, 6.07) is 0. The van der Waals surface area contributed by atoms with Crippen molar-refractivity contribution in [3.05, 3.63) is 36.2 Å². The fourth-order valence-electron chi connectivity index (χ4n) is 0.335. The van der Waals surface area contributed by atoms with Crippen molar-refractivity contribution in [1.82, 2.24) is 0 Å². The Morgan fingerprint density at radius 2 is 1.38 bits per heavy atom. The molecule has 0 aliphatic rings. The summed E-state index contributed by atoms with van der Waals surface area (Å²) in [5, 5.41) is 0. The van der Waals surface area contributed by atoms with E-state index in [1.807, 2.05) is 34.6 Å². The van der Waals surface area contributed by atoms with Crippen LogP contribution in [0.15, 0.2) is 36.2 Å². The van der Waals surface area contributed by atoms with Crippen molar-refractivity contribution in [3.8, 4) is 0 Å². The first-order chi connectivity index (χ1) is 6.20. The lowest BCUT2D eigenvalue weighted by molar-refractivity contribution is 1.33. The van der Waals surface area contributed by atoms with Crippen LogP contribution in [-0.2, 0) is 0 Å². The minimum atomic E-state index is 0.589. The van der Waals surface area contributed by atoms with Gasteiger partial charge >= 0.3 is 0 Å². The van der Waals surface area contributed by atoms with Gasteiger partial charge in [0.15, 0.2) is 0 Å². The van der Waals surface area contributed by atoms with Gasteiger partial charge in [0.2, 0.25) is 0 Å². The van der Waals surface area contributed by atoms with Crippen molar-refractivity contribution in [2.45, 2.75) is 34.6 Å². The summed E-state index contributed by atoms with van der Waals surface area (Å²) in [5.41, 5.74) is 12.0. The van der Waals surface area contributed by atoms with E-state index in [4.69, 9.17) is 11.5 Å². The van der Waals surface area contributed by atoms with Crippen LogP contribution in [0.1, 0.15) is 34.6 Å². The Hall–Kier alpha value is -1.18. The van der Waals surface area contributed by atoms with E-state index in [1.165, 1.54) is 0 Å². The van der Waals surface area contributed by atoms with Gasteiger partial charge in [0, 0.05) is 11.4 Å². The molecule has 0 aliphatic carbocycles. The Morgan fingerprint density at radius 3 is 1.62 bits per heavy atom. The van der Waals surface area contributed by atoms with Crippen LogP contribution in [-0.4, -0.2) is 0 Å². The Labute approximate surface area is 83.0 Å². The average molecular weight is 184 g/mol. The average Bonchev–Trinajstić information content (AvgIpc) is 2.23. The van der Waals surface area contributed by atoms with Crippen LogP contribution in [0.5, 0.6) is 0 Å². The third kappa shape index (κ3) is 18.1. The molecule has 0 fully saturated rings. The highest BCUT2D eigenvalue weighted by molar-refractivity contribution is 5.24. The molecule has 0 atom stereocenters. The van der Waals surface area contributed by atoms with E-state index < -0.39 is 0 Å². The van der Waals surface area contributed by atoms with Crippen LogP contribution < -0.4 is 11.5 Å². The monoisotopic (exact) mass is 184 g/mol. The van der Waals surface area contributed by atoms with Crippen LogP contribution in [0.2, 0.25) is 0 Å². The highest BCUT2D eigenvalue weighted by Gasteiger charge is 1.80. The molecule has 0 bridgehead atoms. The van der Waals surface area contributed by atoms with Crippen molar-refractivity contribution in [1.29, 1.82) is 0 Å². The number of hydrogen-bond acceptors (Lipinski definition) is 2. The lowest BCUT2D eigenvalue weighted by Crippen LogP contribution is -1.98. The minimum absolute atomic E-state index is 0.589. The molecular formula is C11H24N2. The summed E-state index contributed by atoms with van der Waals surface area (Å²) in [7, 11) is 0. The van der Waals surface area contributed by atoms with E-state index >= 15 is 0 Å². The third-order valence-electron chi connectivity index (χ3n) is 0.902. The van der Waals surface area contributed by atoms with Crippen molar-refractivity contribution >= 4 is 0 Å². The zero-order valence-corrected chi connectivity index (χ0v) is 9.59. The van der Waals surface area contributed by atoms with Gasteiger partial charge in [0.1, 0.15) is 0 Å². The molecule has 0 heterocycles. The molecule has 0 spiro atoms. The number of nitrogens with two attached hydrogens (primary N) is 2. The molecule has 2 heteroatoms. The van der Waals surface area contributed by atoms with Gasteiger partial charge in [0.05, 0.1) is 0 Å². The molecule has 78 valence electrons. The largest absolute Gasteiger partial charge is 0.399 e. The molecule has 4 N–H and O–H groups in total. The Balaban J connectivity index is -0.000000218. The fraction of sp³-hybridized carbons (Fsp3) is 0.455. The summed E-state index contributed by atoms with van der Waals surface area (Å²) in [5.74, 6) is 0. The first kappa shape index (κ1) is 17.8. The quantitative estimate of drug-likeness (QED) is 0.648. The smallest absolute Gasteiger partial charge is 0.0328 e. The zero-order valence-electron chi connectivity index (χ0n) is 9.59. The maximum Gasteiger partial charge on any atom is 0.0328 e. The number of hydrogen-bond donors (Lipinski definition) is 2. The van der Waals surface area contributed by atoms with Gasteiger partial charge < -0.3 is 11.5 Å². The fourth-order valence-corrected chi connectivity index (χ4v) is 0.335. The molecule has 13 heavy (non-hydrogen) atoms. The van der Waals surface area contributed by atoms with Crippen molar-refractivity contribution in [2.24, 2.45) is 11.5 Å². The molecule has 0 radical (unpaired) electrons. The van der Waals surface area contributed by atoms with Gasteiger partial charge in [0.25, 0.3) is 0 Å². The molecule has 0 aromatic rings. The molecule has 2 nitrogen and oxygen atoms in total. The van der Waals surface area contributed by atoms with Crippen molar-refractivity contribution < 1.29 is 0 Å². The van der Waals surface area contributed by atoms with Crippen LogP contribution >= 0.6 is 0 Å². The SMILES string of the molecule is C=C/C(N)=C\C(N)=C/C.CC.CC. The van der Waals surface area contributed by atoms with E-state index in [0.29, 0.717) is 11.4 Å². The Kier molecular flexibility index (Phi) is 23.3. The molecule has 0 aliphatic heterocycles. The van der Waals surface area contributed by atoms with E-state index in [1.54, 1.807) is 18.2 Å². The van der Waals surface area contributed by atoms with Gasteiger partial charge in [-0.15, -0.1) is 0 Å². The maximum absolute atomic E-state index is 5.41. The second-order valence-corrected chi connectivity index (χ2v) is 1.64. The summed E-state index contributed by atoms with van der Waals surface area (Å²) < 4.78 is 0. The van der Waals surface area contributed by atoms with E-state index in [9.17, 15) is 0 Å². The second kappa shape index (κ2) is 17.1. The topological polar surface area (TPSA) is 52.0 Å². The standard InChI is InChI=1S/C7H12N2.2C2H6/c1-3-6(8)5-7(9)4-2;2*1-2/h3-5H,1,8-9H2,2H3;2*1-2H3/b6-5+,7-4+;;. The van der Waals surface area contributed by atoms with E-state index in [-0.39, 0.29) is 0 Å². The molecule has 0 saturated carbocycles. The lowest BCUT2D eigenvalue weighted by Gasteiger charge is -1.91. The summed E-state index contributed by atoms with van der Waals surface area (Å²) in [6.07, 6.45) is 4.99.